The molecule has 2 N–H and O–H groups in total. The van der Waals surface area contributed by atoms with Crippen molar-refractivity contribution in [1.29, 1.82) is 0 Å². The van der Waals surface area contributed by atoms with Crippen LogP contribution in [0.15, 0.2) is 65.7 Å². The van der Waals surface area contributed by atoms with Crippen LogP contribution in [0.25, 0.3) is 11.1 Å². The molecule has 10 heteroatoms. The predicted molar refractivity (Wildman–Crippen MR) is 129 cm³/mol. The molecule has 5 rings (SSSR count). The number of carbonyl (C=O) groups is 1. The van der Waals surface area contributed by atoms with Gasteiger partial charge in [0.25, 0.3) is 5.91 Å². The second-order valence-corrected chi connectivity index (χ2v) is 11.4. The van der Waals surface area contributed by atoms with Crippen LogP contribution in [0.2, 0.25) is 0 Å². The third-order valence-corrected chi connectivity index (χ3v) is 9.14. The number of rotatable bonds is 5. The molecule has 1 aliphatic heterocycles. The second-order valence-electron chi connectivity index (χ2n) is 9.17. The Kier molecular flexibility index (Phi) is 6.23. The summed E-state index contributed by atoms with van der Waals surface area (Å²) in [5.41, 5.74) is 2.45. The van der Waals surface area contributed by atoms with Gasteiger partial charge in [0.2, 0.25) is 0 Å². The molecular formula is C26H24F3N3O3S. The van der Waals surface area contributed by atoms with Crippen molar-refractivity contribution in [3.05, 3.63) is 77.5 Å². The van der Waals surface area contributed by atoms with Crippen molar-refractivity contribution in [2.45, 2.75) is 54.6 Å². The summed E-state index contributed by atoms with van der Waals surface area (Å²) in [6.07, 6.45) is -1.61. The zero-order chi connectivity index (χ0) is 25.5. The Morgan fingerprint density at radius 3 is 2.25 bits per heavy atom. The van der Waals surface area contributed by atoms with Crippen molar-refractivity contribution in [3.8, 4) is 11.1 Å². The van der Waals surface area contributed by atoms with E-state index < -0.39 is 26.8 Å². The zero-order valence-corrected chi connectivity index (χ0v) is 20.0. The number of nitrogens with one attached hydrogen (secondary N) is 2. The SMILES string of the molecule is O=C1NCc2ccc(-c3ccc(S(=O)(=O)[C@H]4CC[C@H](Nc5ccc(C(F)(F)F)cn5)CC4)cc3)cc21. The van der Waals surface area contributed by atoms with Crippen LogP contribution in [-0.4, -0.2) is 30.6 Å². The molecule has 1 fully saturated rings. The van der Waals surface area contributed by atoms with Crippen LogP contribution < -0.4 is 10.6 Å². The normalized spacial score (nSPS) is 20.0. The largest absolute Gasteiger partial charge is 0.417 e. The summed E-state index contributed by atoms with van der Waals surface area (Å²) in [6, 6.07) is 14.6. The molecule has 1 amide bonds. The van der Waals surface area contributed by atoms with Crippen molar-refractivity contribution < 1.29 is 26.4 Å². The lowest BCUT2D eigenvalue weighted by Gasteiger charge is -2.29. The van der Waals surface area contributed by atoms with E-state index in [-0.39, 0.29) is 16.8 Å². The van der Waals surface area contributed by atoms with Crippen LogP contribution >= 0.6 is 0 Å². The number of halogens is 3. The molecule has 3 aromatic rings. The Hall–Kier alpha value is -3.40. The molecule has 1 saturated carbocycles. The summed E-state index contributed by atoms with van der Waals surface area (Å²) in [7, 11) is -3.53. The van der Waals surface area contributed by atoms with Gasteiger partial charge in [-0.2, -0.15) is 13.2 Å². The van der Waals surface area contributed by atoms with Gasteiger partial charge in [0.05, 0.1) is 15.7 Å². The number of carbonyl (C=O) groups excluding carboxylic acids is 1. The van der Waals surface area contributed by atoms with E-state index in [0.29, 0.717) is 43.6 Å². The van der Waals surface area contributed by atoms with Crippen LogP contribution in [0.1, 0.15) is 47.2 Å². The molecule has 2 aliphatic rings. The zero-order valence-electron chi connectivity index (χ0n) is 19.2. The van der Waals surface area contributed by atoms with Crippen LogP contribution in [-0.2, 0) is 22.6 Å². The van der Waals surface area contributed by atoms with Gasteiger partial charge in [-0.3, -0.25) is 4.79 Å². The quantitative estimate of drug-likeness (QED) is 0.487. The van der Waals surface area contributed by atoms with Gasteiger partial charge in [0, 0.05) is 24.3 Å². The fourth-order valence-electron chi connectivity index (χ4n) is 4.80. The van der Waals surface area contributed by atoms with E-state index in [4.69, 9.17) is 0 Å². The first-order valence-electron chi connectivity index (χ1n) is 11.7. The fraction of sp³-hybridized carbons (Fsp3) is 0.308. The van der Waals surface area contributed by atoms with Gasteiger partial charge in [-0.05, 0) is 72.7 Å². The van der Waals surface area contributed by atoms with Gasteiger partial charge in [0.1, 0.15) is 5.82 Å². The highest BCUT2D eigenvalue weighted by Gasteiger charge is 2.33. The Bertz CT molecular complexity index is 1380. The maximum Gasteiger partial charge on any atom is 0.417 e. The number of fused-ring (bicyclic) bond motifs is 1. The highest BCUT2D eigenvalue weighted by Crippen LogP contribution is 2.33. The minimum atomic E-state index is -4.44. The summed E-state index contributed by atoms with van der Waals surface area (Å²) < 4.78 is 64.6. The van der Waals surface area contributed by atoms with E-state index >= 15 is 0 Å². The lowest BCUT2D eigenvalue weighted by atomic mass is 9.95. The van der Waals surface area contributed by atoms with Crippen LogP contribution in [0.4, 0.5) is 19.0 Å². The van der Waals surface area contributed by atoms with E-state index in [9.17, 15) is 26.4 Å². The third-order valence-electron chi connectivity index (χ3n) is 6.87. The number of anilines is 1. The molecule has 188 valence electrons. The lowest BCUT2D eigenvalue weighted by molar-refractivity contribution is -0.137. The molecule has 0 atom stereocenters. The number of hydrogen-bond donors (Lipinski definition) is 2. The fourth-order valence-corrected chi connectivity index (χ4v) is 6.59. The van der Waals surface area contributed by atoms with Crippen LogP contribution in [0, 0.1) is 0 Å². The van der Waals surface area contributed by atoms with Gasteiger partial charge < -0.3 is 10.6 Å². The predicted octanol–water partition coefficient (Wildman–Crippen LogP) is 5.21. The van der Waals surface area contributed by atoms with Crippen molar-refractivity contribution in [3.63, 3.8) is 0 Å². The lowest BCUT2D eigenvalue weighted by Crippen LogP contribution is -2.33. The van der Waals surface area contributed by atoms with Crippen molar-refractivity contribution in [1.82, 2.24) is 10.3 Å². The third kappa shape index (κ3) is 4.82. The highest BCUT2D eigenvalue weighted by atomic mass is 32.2. The molecular weight excluding hydrogens is 491 g/mol. The number of alkyl halides is 3. The molecule has 0 spiro atoms. The average Bonchev–Trinajstić information content (AvgIpc) is 3.24. The van der Waals surface area contributed by atoms with Gasteiger partial charge in [-0.1, -0.05) is 24.3 Å². The summed E-state index contributed by atoms with van der Waals surface area (Å²) >= 11 is 0. The van der Waals surface area contributed by atoms with Gasteiger partial charge in [0.15, 0.2) is 9.84 Å². The molecule has 0 bridgehead atoms. The summed E-state index contributed by atoms with van der Waals surface area (Å²) in [4.78, 5) is 16.0. The minimum Gasteiger partial charge on any atom is -0.367 e. The van der Waals surface area contributed by atoms with Gasteiger partial charge >= 0.3 is 6.18 Å². The van der Waals surface area contributed by atoms with Crippen LogP contribution in [0.3, 0.4) is 0 Å². The number of amides is 1. The van der Waals surface area contributed by atoms with Crippen molar-refractivity contribution in [2.24, 2.45) is 0 Å². The van der Waals surface area contributed by atoms with Gasteiger partial charge in [-0.15, -0.1) is 0 Å². The molecule has 0 radical (unpaired) electrons. The summed E-state index contributed by atoms with van der Waals surface area (Å²) in [6.45, 7) is 0.518. The molecule has 2 heterocycles. The van der Waals surface area contributed by atoms with E-state index in [1.807, 2.05) is 18.2 Å². The molecule has 0 saturated heterocycles. The number of hydrogen-bond acceptors (Lipinski definition) is 5. The number of aromatic nitrogens is 1. The Labute approximate surface area is 206 Å². The van der Waals surface area contributed by atoms with E-state index in [1.165, 1.54) is 6.07 Å². The number of benzene rings is 2. The summed E-state index contributed by atoms with van der Waals surface area (Å²) in [5, 5.41) is 5.38. The minimum absolute atomic E-state index is 0.0555. The van der Waals surface area contributed by atoms with E-state index in [2.05, 4.69) is 15.6 Å². The molecule has 36 heavy (non-hydrogen) atoms. The standard InChI is InChI=1S/C26H24F3N3O3S/c27-26(28,29)19-5-12-24(30-15-19)32-20-6-10-22(11-7-20)36(34,35)21-8-3-16(4-9-21)17-1-2-18-14-31-25(33)23(18)13-17/h1-5,8-9,12-13,15,20,22H,6-7,10-11,14H2,(H,30,32)(H,31,33)/t20-,22-. The highest BCUT2D eigenvalue weighted by molar-refractivity contribution is 7.92. The van der Waals surface area contributed by atoms with E-state index in [1.54, 1.807) is 24.3 Å². The average molecular weight is 516 g/mol. The molecule has 6 nitrogen and oxygen atoms in total. The van der Waals surface area contributed by atoms with Crippen molar-refractivity contribution in [2.75, 3.05) is 5.32 Å². The first-order valence-corrected chi connectivity index (χ1v) is 13.2. The second kappa shape index (κ2) is 9.24. The Morgan fingerprint density at radius 1 is 0.917 bits per heavy atom. The number of nitrogens with zero attached hydrogens (tertiary/aromatic N) is 1. The molecule has 1 aliphatic carbocycles. The van der Waals surface area contributed by atoms with Crippen molar-refractivity contribution >= 4 is 21.6 Å². The Balaban J connectivity index is 1.22. The maximum atomic E-state index is 13.2. The monoisotopic (exact) mass is 515 g/mol. The summed E-state index contributed by atoms with van der Waals surface area (Å²) in [5.74, 6) is 0.235. The topological polar surface area (TPSA) is 88.2 Å². The first kappa shape index (κ1) is 24.3. The molecule has 1 aromatic heterocycles. The maximum absolute atomic E-state index is 13.2. The molecule has 0 unspecified atom stereocenters. The molecule has 2 aromatic carbocycles. The number of pyridine rings is 1. The number of sulfone groups is 1. The van der Waals surface area contributed by atoms with E-state index in [0.717, 1.165) is 29.0 Å². The Morgan fingerprint density at radius 2 is 1.61 bits per heavy atom. The smallest absolute Gasteiger partial charge is 0.367 e. The van der Waals surface area contributed by atoms with Gasteiger partial charge in [-0.25, -0.2) is 13.4 Å². The van der Waals surface area contributed by atoms with Crippen LogP contribution in [0.5, 0.6) is 0 Å². The first-order chi connectivity index (χ1) is 17.1.